The van der Waals surface area contributed by atoms with Crippen LogP contribution in [0.5, 0.6) is 0 Å². The molecule has 2 unspecified atom stereocenters. The molecule has 3 aliphatic rings. The topological polar surface area (TPSA) is 17.3 Å². The predicted molar refractivity (Wildman–Crippen MR) is 106 cm³/mol. The van der Waals surface area contributed by atoms with Crippen molar-refractivity contribution in [1.82, 2.24) is 9.38 Å². The van der Waals surface area contributed by atoms with E-state index in [9.17, 15) is 0 Å². The van der Waals surface area contributed by atoms with Gasteiger partial charge in [-0.15, -0.1) is 0 Å². The van der Waals surface area contributed by atoms with Crippen LogP contribution >= 0.6 is 0 Å². The van der Waals surface area contributed by atoms with Gasteiger partial charge in [-0.25, -0.2) is 4.98 Å². The molecule has 7 rings (SSSR count). The Morgan fingerprint density at radius 2 is 1.46 bits per heavy atom. The van der Waals surface area contributed by atoms with Crippen molar-refractivity contribution in [1.29, 1.82) is 0 Å². The van der Waals surface area contributed by atoms with Crippen LogP contribution in [-0.2, 0) is 10.8 Å². The number of imidazole rings is 1. The zero-order valence-electron chi connectivity index (χ0n) is 15.0. The van der Waals surface area contributed by atoms with Crippen LogP contribution in [0, 0.1) is 0 Å². The van der Waals surface area contributed by atoms with Gasteiger partial charge in [-0.3, -0.25) is 4.40 Å². The van der Waals surface area contributed by atoms with Crippen molar-refractivity contribution < 1.29 is 0 Å². The number of aromatic nitrogens is 2. The van der Waals surface area contributed by atoms with Crippen LogP contribution in [0.15, 0.2) is 48.7 Å². The minimum absolute atomic E-state index is 0.314. The molecule has 0 saturated heterocycles. The number of hydrogen-bond acceptors (Lipinski definition) is 1. The van der Waals surface area contributed by atoms with Gasteiger partial charge in [0.15, 0.2) is 0 Å². The summed E-state index contributed by atoms with van der Waals surface area (Å²) in [6.07, 6.45) is 11.7. The highest BCUT2D eigenvalue weighted by Crippen LogP contribution is 2.65. The van der Waals surface area contributed by atoms with E-state index in [0.29, 0.717) is 10.8 Å². The van der Waals surface area contributed by atoms with E-state index < -0.39 is 0 Å². The second-order valence-corrected chi connectivity index (χ2v) is 8.77. The second kappa shape index (κ2) is 4.31. The summed E-state index contributed by atoms with van der Waals surface area (Å²) in [6, 6.07) is 15.9. The number of pyridine rings is 1. The molecule has 26 heavy (non-hydrogen) atoms. The third kappa shape index (κ3) is 1.26. The lowest BCUT2D eigenvalue weighted by Gasteiger charge is -2.52. The van der Waals surface area contributed by atoms with Crippen molar-refractivity contribution >= 4 is 27.3 Å². The Balaban J connectivity index is 1.82. The van der Waals surface area contributed by atoms with Gasteiger partial charge in [0, 0.05) is 27.8 Å². The molecule has 0 radical (unpaired) electrons. The van der Waals surface area contributed by atoms with Gasteiger partial charge in [-0.05, 0) is 36.6 Å². The third-order valence-corrected chi connectivity index (χ3v) is 8.07. The molecular weight excluding hydrogens is 316 g/mol. The summed E-state index contributed by atoms with van der Waals surface area (Å²) in [5.74, 6) is 0. The molecule has 2 fully saturated rings. The monoisotopic (exact) mass is 338 g/mol. The molecule has 3 heterocycles. The molecule has 0 spiro atoms. The molecule has 2 aromatic carbocycles. The summed E-state index contributed by atoms with van der Waals surface area (Å²) in [5, 5.41) is 4.05. The van der Waals surface area contributed by atoms with E-state index in [4.69, 9.17) is 4.98 Å². The summed E-state index contributed by atoms with van der Waals surface area (Å²) in [5.41, 5.74) is 6.40. The first-order chi connectivity index (χ1) is 12.9. The van der Waals surface area contributed by atoms with Gasteiger partial charge in [0.05, 0.1) is 11.2 Å². The fraction of sp³-hybridized carbons (Fsp3) is 0.375. The minimum Gasteiger partial charge on any atom is -0.295 e. The average molecular weight is 338 g/mol. The number of fused-ring (bicyclic) bond motifs is 3. The van der Waals surface area contributed by atoms with E-state index in [-0.39, 0.29) is 0 Å². The van der Waals surface area contributed by atoms with Gasteiger partial charge >= 0.3 is 0 Å². The van der Waals surface area contributed by atoms with Gasteiger partial charge in [0.1, 0.15) is 5.65 Å². The van der Waals surface area contributed by atoms with Crippen LogP contribution < -0.4 is 0 Å². The van der Waals surface area contributed by atoms with Gasteiger partial charge < -0.3 is 0 Å². The van der Waals surface area contributed by atoms with Crippen molar-refractivity contribution in [3.05, 3.63) is 59.9 Å². The molecule has 2 nitrogen and oxygen atoms in total. The number of rotatable bonds is 0. The molecule has 2 atom stereocenters. The molecule has 1 aliphatic heterocycles. The summed E-state index contributed by atoms with van der Waals surface area (Å²) >= 11 is 0. The lowest BCUT2D eigenvalue weighted by atomic mass is 9.52. The number of benzene rings is 2. The van der Waals surface area contributed by atoms with Gasteiger partial charge in [0.2, 0.25) is 0 Å². The van der Waals surface area contributed by atoms with E-state index >= 15 is 0 Å². The molecule has 0 amide bonds. The smallest absolute Gasteiger partial charge is 0.145 e. The summed E-state index contributed by atoms with van der Waals surface area (Å²) in [7, 11) is 0. The van der Waals surface area contributed by atoms with Crippen LogP contribution in [0.4, 0.5) is 0 Å². The highest BCUT2D eigenvalue weighted by molar-refractivity contribution is 6.13. The van der Waals surface area contributed by atoms with Crippen molar-refractivity contribution in [3.63, 3.8) is 0 Å². The Morgan fingerprint density at radius 1 is 0.731 bits per heavy atom. The Morgan fingerprint density at radius 3 is 2.38 bits per heavy atom. The van der Waals surface area contributed by atoms with Crippen molar-refractivity contribution in [2.45, 2.75) is 55.8 Å². The van der Waals surface area contributed by atoms with Gasteiger partial charge in [0.25, 0.3) is 0 Å². The highest BCUT2D eigenvalue weighted by atomic mass is 15.1. The maximum atomic E-state index is 5.01. The second-order valence-electron chi connectivity index (χ2n) is 8.77. The van der Waals surface area contributed by atoms with Crippen LogP contribution in [0.2, 0.25) is 0 Å². The molecule has 4 aromatic rings. The quantitative estimate of drug-likeness (QED) is 0.366. The SMILES string of the molecule is c1ccc2c(c1)c1cccc3c1n1c(cnc21)C12CCCCC31CCC2. The van der Waals surface area contributed by atoms with E-state index in [1.165, 1.54) is 72.3 Å². The van der Waals surface area contributed by atoms with E-state index in [1.54, 1.807) is 5.56 Å². The molecular formula is C24H22N2. The maximum Gasteiger partial charge on any atom is 0.145 e. The van der Waals surface area contributed by atoms with Gasteiger partial charge in [-0.1, -0.05) is 61.7 Å². The number of para-hydroxylation sites is 1. The van der Waals surface area contributed by atoms with Crippen LogP contribution in [0.3, 0.4) is 0 Å². The lowest BCUT2D eigenvalue weighted by molar-refractivity contribution is 0.162. The first kappa shape index (κ1) is 13.8. The first-order valence-corrected chi connectivity index (χ1v) is 10.2. The summed E-state index contributed by atoms with van der Waals surface area (Å²) in [4.78, 5) is 5.01. The van der Waals surface area contributed by atoms with Gasteiger partial charge in [-0.2, -0.15) is 0 Å². The standard InChI is InChI=1S/C24H22N2/c1-2-8-18-16(7-1)17-9-5-10-19-21(17)26-20(15-25-22(18)26)24-12-4-3-11-23(19,24)13-6-14-24/h1-2,5,7-10,15H,3-4,6,11-14H2. The Kier molecular flexibility index (Phi) is 2.29. The van der Waals surface area contributed by atoms with Crippen molar-refractivity contribution in [2.24, 2.45) is 0 Å². The Hall–Kier alpha value is -2.35. The summed E-state index contributed by atoms with van der Waals surface area (Å²) in [6.45, 7) is 0. The largest absolute Gasteiger partial charge is 0.295 e. The molecule has 128 valence electrons. The minimum atomic E-state index is 0.314. The molecule has 0 N–H and O–H groups in total. The normalized spacial score (nSPS) is 29.5. The number of nitrogens with zero attached hydrogens (tertiary/aromatic N) is 2. The fourth-order valence-corrected chi connectivity index (χ4v) is 7.19. The average Bonchev–Trinajstić information content (AvgIpc) is 3.31. The number of hydrogen-bond donors (Lipinski definition) is 0. The predicted octanol–water partition coefficient (Wildman–Crippen LogP) is 5.89. The highest BCUT2D eigenvalue weighted by Gasteiger charge is 2.60. The molecule has 2 heteroatoms. The van der Waals surface area contributed by atoms with Crippen molar-refractivity contribution in [2.75, 3.05) is 0 Å². The molecule has 2 saturated carbocycles. The third-order valence-electron chi connectivity index (χ3n) is 8.07. The zero-order chi connectivity index (χ0) is 16.9. The van der Waals surface area contributed by atoms with Crippen LogP contribution in [0.1, 0.15) is 56.2 Å². The maximum absolute atomic E-state index is 5.01. The molecule has 2 aliphatic carbocycles. The zero-order valence-corrected chi connectivity index (χ0v) is 15.0. The summed E-state index contributed by atoms with van der Waals surface area (Å²) < 4.78 is 2.56. The first-order valence-electron chi connectivity index (χ1n) is 10.2. The fourth-order valence-electron chi connectivity index (χ4n) is 7.19. The molecule has 2 aromatic heterocycles. The van der Waals surface area contributed by atoms with E-state index in [2.05, 4.69) is 53.1 Å². The molecule has 0 bridgehead atoms. The Labute approximate surface area is 152 Å². The lowest BCUT2D eigenvalue weighted by Crippen LogP contribution is -2.50. The van der Waals surface area contributed by atoms with Crippen molar-refractivity contribution in [3.8, 4) is 0 Å². The van der Waals surface area contributed by atoms with Crippen LogP contribution in [-0.4, -0.2) is 9.38 Å². The Bertz CT molecular complexity index is 1230. The van der Waals surface area contributed by atoms with E-state index in [0.717, 1.165) is 5.65 Å². The van der Waals surface area contributed by atoms with Crippen LogP contribution in [0.25, 0.3) is 27.3 Å². The van der Waals surface area contributed by atoms with E-state index in [1.807, 2.05) is 0 Å².